The van der Waals surface area contributed by atoms with E-state index in [1.165, 1.54) is 5.01 Å². The van der Waals surface area contributed by atoms with Crippen molar-refractivity contribution in [1.82, 2.24) is 25.6 Å². The van der Waals surface area contributed by atoms with Crippen LogP contribution in [0.15, 0.2) is 66.7 Å². The number of ether oxygens (including phenoxy) is 2. The molecule has 11 heteroatoms. The third-order valence-corrected chi connectivity index (χ3v) is 10.1. The van der Waals surface area contributed by atoms with Crippen LogP contribution in [0.2, 0.25) is 0 Å². The number of urea groups is 1. The third kappa shape index (κ3) is 9.04. The molecule has 0 saturated carbocycles. The number of hydrogen-bond donors (Lipinski definition) is 2. The molecule has 0 bridgehead atoms. The van der Waals surface area contributed by atoms with Gasteiger partial charge in [-0.15, -0.1) is 0 Å². The second-order valence-corrected chi connectivity index (χ2v) is 15.1. The van der Waals surface area contributed by atoms with Crippen LogP contribution in [0.3, 0.4) is 0 Å². The fourth-order valence-electron chi connectivity index (χ4n) is 6.13. The van der Waals surface area contributed by atoms with E-state index in [1.54, 1.807) is 32.8 Å². The predicted octanol–water partition coefficient (Wildman–Crippen LogP) is 6.54. The monoisotopic (exact) mass is 673 g/mol. The molecule has 0 radical (unpaired) electrons. The number of hydrogen-bond acceptors (Lipinski definition) is 6. The van der Waals surface area contributed by atoms with Gasteiger partial charge in [-0.3, -0.25) is 4.79 Å². The normalized spacial score (nSPS) is 21.9. The number of benzene rings is 2. The largest absolute Gasteiger partial charge is 0.497 e. The molecule has 2 N–H and O–H groups in total. The Kier molecular flexibility index (Phi) is 11.6. The summed E-state index contributed by atoms with van der Waals surface area (Å²) in [7, 11) is 1.94. The van der Waals surface area contributed by atoms with Crippen molar-refractivity contribution in [2.24, 2.45) is 0 Å². The van der Waals surface area contributed by atoms with Crippen molar-refractivity contribution in [2.75, 3.05) is 20.2 Å². The molecule has 2 aromatic carbocycles. The number of amides is 4. The van der Waals surface area contributed by atoms with Crippen LogP contribution in [0.5, 0.6) is 5.75 Å². The number of aromatic nitrogens is 1. The first-order chi connectivity index (χ1) is 23.0. The number of hydrazine groups is 1. The zero-order valence-electron chi connectivity index (χ0n) is 28.6. The van der Waals surface area contributed by atoms with Gasteiger partial charge in [-0.1, -0.05) is 58.0 Å². The van der Waals surface area contributed by atoms with Crippen LogP contribution in [-0.2, 0) is 9.53 Å². The second kappa shape index (κ2) is 15.8. The van der Waals surface area contributed by atoms with Gasteiger partial charge in [0.2, 0.25) is 5.91 Å². The van der Waals surface area contributed by atoms with E-state index in [-0.39, 0.29) is 17.6 Å². The van der Waals surface area contributed by atoms with E-state index in [2.05, 4.69) is 35.9 Å². The minimum atomic E-state index is -0.728. The quantitative estimate of drug-likeness (QED) is 0.227. The lowest BCUT2D eigenvalue weighted by Gasteiger charge is -2.32. The molecule has 1 fully saturated rings. The van der Waals surface area contributed by atoms with Crippen LogP contribution in [-0.4, -0.2) is 76.5 Å². The number of nitrogens with zero attached hydrogens (tertiary/aromatic N) is 3. The van der Waals surface area contributed by atoms with Gasteiger partial charge in [0.05, 0.1) is 18.3 Å². The summed E-state index contributed by atoms with van der Waals surface area (Å²) in [4.78, 5) is 47.7. The number of allylic oxidation sites excluding steroid dienone is 1. The number of carbonyl (C=O) groups excluding carboxylic acids is 3. The summed E-state index contributed by atoms with van der Waals surface area (Å²) in [5.41, 5.74) is 4.67. The van der Waals surface area contributed by atoms with Gasteiger partial charge < -0.3 is 19.7 Å². The molecule has 48 heavy (non-hydrogen) atoms. The zero-order valence-corrected chi connectivity index (χ0v) is 29.6. The zero-order chi connectivity index (χ0) is 34.3. The van der Waals surface area contributed by atoms with Gasteiger partial charge in [-0.25, -0.2) is 25.0 Å². The molecule has 0 spiro atoms. The van der Waals surface area contributed by atoms with E-state index in [0.29, 0.717) is 34.5 Å². The first kappa shape index (κ1) is 35.1. The number of carbonyl (C=O) groups is 3. The van der Waals surface area contributed by atoms with Crippen molar-refractivity contribution in [3.05, 3.63) is 66.7 Å². The van der Waals surface area contributed by atoms with Crippen LogP contribution in [0.1, 0.15) is 66.2 Å². The lowest BCUT2D eigenvalue weighted by Crippen LogP contribution is -2.57. The summed E-state index contributed by atoms with van der Waals surface area (Å²) in [5, 5.41) is 6.68. The molecule has 1 aromatic heterocycles. The Bertz CT molecular complexity index is 1630. The molecule has 3 heterocycles. The Hall–Kier alpha value is -4.17. The van der Waals surface area contributed by atoms with Crippen molar-refractivity contribution in [3.8, 4) is 17.0 Å². The first-order valence-electron chi connectivity index (χ1n) is 16.9. The number of rotatable bonds is 6. The van der Waals surface area contributed by atoms with Gasteiger partial charge in [-0.2, -0.15) is 0 Å². The molecule has 2 aliphatic rings. The van der Waals surface area contributed by atoms with Gasteiger partial charge in [0.25, 0.3) is 0 Å². The van der Waals surface area contributed by atoms with Crippen LogP contribution in [0, 0.1) is 0 Å². The van der Waals surface area contributed by atoms with Crippen molar-refractivity contribution in [3.63, 3.8) is 0 Å². The van der Waals surface area contributed by atoms with E-state index in [0.717, 1.165) is 58.9 Å². The summed E-state index contributed by atoms with van der Waals surface area (Å²) < 4.78 is 11.0. The summed E-state index contributed by atoms with van der Waals surface area (Å²) in [6.45, 7) is 8.08. The first-order valence-corrected chi connectivity index (χ1v) is 18.0. The Balaban J connectivity index is 1.48. The number of pyridine rings is 1. The highest BCUT2D eigenvalue weighted by atomic mass is 31.1. The average Bonchev–Trinajstić information content (AvgIpc) is 3.49. The van der Waals surface area contributed by atoms with Crippen LogP contribution >= 0.6 is 8.58 Å². The summed E-state index contributed by atoms with van der Waals surface area (Å²) in [6.07, 6.45) is 7.99. The highest BCUT2D eigenvalue weighted by Gasteiger charge is 2.42. The van der Waals surface area contributed by atoms with Crippen molar-refractivity contribution in [2.45, 2.75) is 89.6 Å². The highest BCUT2D eigenvalue weighted by Crippen LogP contribution is 2.36. The van der Waals surface area contributed by atoms with Crippen molar-refractivity contribution >= 4 is 42.8 Å². The minimum Gasteiger partial charge on any atom is -0.497 e. The van der Waals surface area contributed by atoms with Gasteiger partial charge in [-0.05, 0) is 82.8 Å². The third-order valence-electron chi connectivity index (χ3n) is 8.58. The number of fused-ring (bicyclic) bond motifs is 2. The molecular formula is C37H48N5O5P. The maximum absolute atomic E-state index is 14.3. The Labute approximate surface area is 285 Å². The van der Waals surface area contributed by atoms with E-state index in [1.807, 2.05) is 48.5 Å². The molecule has 2 aliphatic heterocycles. The number of nitrogens with one attached hydrogen (secondary N) is 2. The smallest absolute Gasteiger partial charge is 0.426 e. The standard InChI is InChI=1S/C37H48N5O5P/c1-6-26-17-13-8-7-9-14-20-42(40-35(44)47-37(2,3)4)36(45)41-24-28(22-32(41)34(43)38-26)48-33-23-30(25-15-11-10-12-16-25)39-31-21-27(46-5)18-19-29(31)33/h8,10-13,15-16,18-19,21,23,26,28,32,48H,6-7,9,14,17,20,22,24H2,1-5H3,(H,38,43)(H,40,44)/b13-8-/t26-,28-,32+/m1/s1. The SMILES string of the molecule is CC[C@@H]1C/C=C\CCCCN(NC(=O)OC(C)(C)C)C(=O)N2C[C@H](Pc3cc(-c4ccccc4)nc4cc(OC)ccc34)C[C@H]2C(=O)N1. The van der Waals surface area contributed by atoms with Gasteiger partial charge in [0.1, 0.15) is 17.4 Å². The fraction of sp³-hybridized carbons (Fsp3) is 0.459. The Morgan fingerprint density at radius 3 is 2.60 bits per heavy atom. The number of methoxy groups -OCH3 is 1. The van der Waals surface area contributed by atoms with Gasteiger partial charge in [0, 0.05) is 41.8 Å². The summed E-state index contributed by atoms with van der Waals surface area (Å²) in [6, 6.07) is 17.0. The molecular weight excluding hydrogens is 625 g/mol. The Morgan fingerprint density at radius 2 is 1.88 bits per heavy atom. The van der Waals surface area contributed by atoms with Crippen molar-refractivity contribution in [1.29, 1.82) is 0 Å². The van der Waals surface area contributed by atoms with Crippen LogP contribution < -0.4 is 20.8 Å². The molecule has 1 saturated heterocycles. The lowest BCUT2D eigenvalue weighted by atomic mass is 10.1. The highest BCUT2D eigenvalue weighted by molar-refractivity contribution is 7.48. The predicted molar refractivity (Wildman–Crippen MR) is 192 cm³/mol. The molecule has 1 unspecified atom stereocenters. The summed E-state index contributed by atoms with van der Waals surface area (Å²) in [5.74, 6) is 0.560. The molecule has 4 amide bonds. The fourth-order valence-corrected chi connectivity index (χ4v) is 7.79. The van der Waals surface area contributed by atoms with Gasteiger partial charge >= 0.3 is 12.1 Å². The minimum absolute atomic E-state index is 0.0139. The van der Waals surface area contributed by atoms with Crippen molar-refractivity contribution < 1.29 is 23.9 Å². The van der Waals surface area contributed by atoms with E-state index in [9.17, 15) is 14.4 Å². The van der Waals surface area contributed by atoms with Gasteiger partial charge in [0.15, 0.2) is 0 Å². The molecule has 5 rings (SSSR count). The molecule has 10 nitrogen and oxygen atoms in total. The van der Waals surface area contributed by atoms with E-state index < -0.39 is 23.8 Å². The maximum atomic E-state index is 14.3. The van der Waals surface area contributed by atoms with Crippen LogP contribution in [0.4, 0.5) is 9.59 Å². The summed E-state index contributed by atoms with van der Waals surface area (Å²) >= 11 is 0. The average molecular weight is 674 g/mol. The maximum Gasteiger partial charge on any atom is 0.426 e. The molecule has 3 aromatic rings. The molecule has 256 valence electrons. The molecule has 4 atom stereocenters. The van der Waals surface area contributed by atoms with E-state index in [4.69, 9.17) is 14.5 Å². The Morgan fingerprint density at radius 1 is 1.08 bits per heavy atom. The topological polar surface area (TPSA) is 113 Å². The van der Waals surface area contributed by atoms with E-state index >= 15 is 0 Å². The van der Waals surface area contributed by atoms with Crippen LogP contribution in [0.25, 0.3) is 22.2 Å². The molecule has 0 aliphatic carbocycles. The lowest BCUT2D eigenvalue weighted by molar-refractivity contribution is -0.125. The second-order valence-electron chi connectivity index (χ2n) is 13.4.